The van der Waals surface area contributed by atoms with E-state index in [1.807, 2.05) is 6.07 Å². The van der Waals surface area contributed by atoms with Crippen LogP contribution in [0, 0.1) is 13.8 Å². The van der Waals surface area contributed by atoms with Crippen LogP contribution in [0.15, 0.2) is 18.2 Å². The molecule has 0 aliphatic rings. The molecule has 3 nitrogen and oxygen atoms in total. The summed E-state index contributed by atoms with van der Waals surface area (Å²) in [5.41, 5.74) is 3.61. The summed E-state index contributed by atoms with van der Waals surface area (Å²) in [6.07, 6.45) is 0.172. The highest BCUT2D eigenvalue weighted by atomic mass is 16.4. The summed E-state index contributed by atoms with van der Waals surface area (Å²) in [6, 6.07) is 6.46. The lowest BCUT2D eigenvalue weighted by Crippen LogP contribution is -2.33. The van der Waals surface area contributed by atoms with Crippen LogP contribution in [-0.4, -0.2) is 23.7 Å². The minimum Gasteiger partial charge on any atom is -0.481 e. The van der Waals surface area contributed by atoms with Crippen molar-refractivity contribution in [3.8, 4) is 0 Å². The van der Waals surface area contributed by atoms with Gasteiger partial charge in [-0.25, -0.2) is 0 Å². The minimum atomic E-state index is -0.749. The first-order chi connectivity index (χ1) is 7.93. The van der Waals surface area contributed by atoms with Gasteiger partial charge in [0.15, 0.2) is 0 Å². The molecule has 0 unspecified atom stereocenters. The highest BCUT2D eigenvalue weighted by Crippen LogP contribution is 2.24. The van der Waals surface area contributed by atoms with E-state index in [4.69, 9.17) is 5.11 Å². The highest BCUT2D eigenvalue weighted by Gasteiger charge is 2.14. The molecule has 1 N–H and O–H groups in total. The van der Waals surface area contributed by atoms with Crippen molar-refractivity contribution in [2.75, 3.05) is 11.4 Å². The molecule has 0 atom stereocenters. The zero-order valence-electron chi connectivity index (χ0n) is 11.0. The van der Waals surface area contributed by atoms with Crippen LogP contribution in [0.1, 0.15) is 31.4 Å². The summed E-state index contributed by atoms with van der Waals surface area (Å²) < 4.78 is 0. The number of hydrogen-bond acceptors (Lipinski definition) is 2. The molecule has 0 aliphatic heterocycles. The molecule has 17 heavy (non-hydrogen) atoms. The Labute approximate surface area is 103 Å². The first-order valence-electron chi connectivity index (χ1n) is 5.98. The molecule has 1 rings (SSSR count). The van der Waals surface area contributed by atoms with E-state index in [1.165, 1.54) is 11.1 Å². The van der Waals surface area contributed by atoms with Crippen LogP contribution in [-0.2, 0) is 4.79 Å². The van der Waals surface area contributed by atoms with Crippen molar-refractivity contribution in [2.45, 2.75) is 40.2 Å². The van der Waals surface area contributed by atoms with E-state index in [1.54, 1.807) is 0 Å². The molecule has 1 aromatic rings. The van der Waals surface area contributed by atoms with Crippen LogP contribution in [0.4, 0.5) is 5.69 Å². The summed E-state index contributed by atoms with van der Waals surface area (Å²) >= 11 is 0. The van der Waals surface area contributed by atoms with Crippen molar-refractivity contribution in [3.05, 3.63) is 29.3 Å². The van der Waals surface area contributed by atoms with Crippen LogP contribution >= 0.6 is 0 Å². The van der Waals surface area contributed by atoms with Gasteiger partial charge < -0.3 is 10.0 Å². The van der Waals surface area contributed by atoms with E-state index in [0.29, 0.717) is 12.6 Å². The first kappa shape index (κ1) is 13.6. The molecule has 0 saturated carbocycles. The maximum absolute atomic E-state index is 10.7. The number of hydrogen-bond donors (Lipinski definition) is 1. The molecule has 0 aliphatic carbocycles. The molecular weight excluding hydrogens is 214 g/mol. The fourth-order valence-electron chi connectivity index (χ4n) is 1.92. The molecule has 0 fully saturated rings. The number of carboxylic acid groups (broad SMARTS) is 1. The van der Waals surface area contributed by atoms with E-state index in [9.17, 15) is 4.79 Å². The number of nitrogens with zero attached hydrogens (tertiary/aromatic N) is 1. The normalized spacial score (nSPS) is 10.6. The summed E-state index contributed by atoms with van der Waals surface area (Å²) in [5, 5.41) is 8.79. The molecule has 0 saturated heterocycles. The second kappa shape index (κ2) is 5.71. The van der Waals surface area contributed by atoms with Crippen LogP contribution in [0.5, 0.6) is 0 Å². The van der Waals surface area contributed by atoms with Gasteiger partial charge in [-0.1, -0.05) is 12.1 Å². The molecule has 1 aromatic carbocycles. The number of aryl methyl sites for hydroxylation is 1. The Kier molecular flexibility index (Phi) is 4.55. The van der Waals surface area contributed by atoms with Crippen molar-refractivity contribution in [2.24, 2.45) is 0 Å². The molecule has 0 spiro atoms. The lowest BCUT2D eigenvalue weighted by atomic mass is 10.1. The summed E-state index contributed by atoms with van der Waals surface area (Å²) in [6.45, 7) is 8.89. The third-order valence-electron chi connectivity index (χ3n) is 3.08. The molecule has 0 amide bonds. The number of benzene rings is 1. The van der Waals surface area contributed by atoms with Gasteiger partial charge in [0, 0.05) is 18.3 Å². The number of rotatable bonds is 5. The van der Waals surface area contributed by atoms with E-state index < -0.39 is 5.97 Å². The summed E-state index contributed by atoms with van der Waals surface area (Å²) in [7, 11) is 0. The van der Waals surface area contributed by atoms with Gasteiger partial charge in [-0.05, 0) is 44.9 Å². The van der Waals surface area contributed by atoms with Gasteiger partial charge in [-0.15, -0.1) is 0 Å². The van der Waals surface area contributed by atoms with Gasteiger partial charge >= 0.3 is 5.97 Å². The Morgan fingerprint density at radius 2 is 2.00 bits per heavy atom. The molecule has 0 bridgehead atoms. The first-order valence-corrected chi connectivity index (χ1v) is 5.98. The van der Waals surface area contributed by atoms with E-state index in [0.717, 1.165) is 5.69 Å². The number of anilines is 1. The third kappa shape index (κ3) is 3.48. The molecule has 3 heteroatoms. The topological polar surface area (TPSA) is 40.5 Å². The van der Waals surface area contributed by atoms with Gasteiger partial charge in [0.05, 0.1) is 6.42 Å². The fraction of sp³-hybridized carbons (Fsp3) is 0.500. The summed E-state index contributed by atoms with van der Waals surface area (Å²) in [5.74, 6) is -0.749. The van der Waals surface area contributed by atoms with Crippen molar-refractivity contribution in [1.82, 2.24) is 0 Å². The largest absolute Gasteiger partial charge is 0.481 e. The van der Waals surface area contributed by atoms with Gasteiger partial charge in [-0.2, -0.15) is 0 Å². The standard InChI is InChI=1S/C14H21NO2/c1-10(2)15(9-8-14(16)17)13-7-5-6-11(3)12(13)4/h5-7,10H,8-9H2,1-4H3,(H,16,17). The monoisotopic (exact) mass is 235 g/mol. The Morgan fingerprint density at radius 1 is 1.35 bits per heavy atom. The second-order valence-corrected chi connectivity index (χ2v) is 4.65. The van der Waals surface area contributed by atoms with Crippen LogP contribution < -0.4 is 4.90 Å². The highest BCUT2D eigenvalue weighted by molar-refractivity contribution is 5.68. The average molecular weight is 235 g/mol. The van der Waals surface area contributed by atoms with Crippen LogP contribution in [0.2, 0.25) is 0 Å². The molecule has 0 radical (unpaired) electrons. The smallest absolute Gasteiger partial charge is 0.305 e. The SMILES string of the molecule is Cc1cccc(N(CCC(=O)O)C(C)C)c1C. The maximum Gasteiger partial charge on any atom is 0.305 e. The lowest BCUT2D eigenvalue weighted by Gasteiger charge is -2.30. The van der Waals surface area contributed by atoms with Crippen molar-refractivity contribution < 1.29 is 9.90 Å². The fourth-order valence-corrected chi connectivity index (χ4v) is 1.92. The van der Waals surface area contributed by atoms with Gasteiger partial charge in [0.2, 0.25) is 0 Å². The maximum atomic E-state index is 10.7. The minimum absolute atomic E-state index is 0.172. The predicted octanol–water partition coefficient (Wildman–Crippen LogP) is 2.99. The van der Waals surface area contributed by atoms with E-state index >= 15 is 0 Å². The molecule has 0 heterocycles. The average Bonchev–Trinajstić information content (AvgIpc) is 2.23. The van der Waals surface area contributed by atoms with Crippen LogP contribution in [0.3, 0.4) is 0 Å². The lowest BCUT2D eigenvalue weighted by molar-refractivity contribution is -0.136. The zero-order valence-corrected chi connectivity index (χ0v) is 11.0. The zero-order chi connectivity index (χ0) is 13.0. The van der Waals surface area contributed by atoms with Crippen molar-refractivity contribution in [1.29, 1.82) is 0 Å². The molecule has 94 valence electrons. The Balaban J connectivity index is 2.97. The third-order valence-corrected chi connectivity index (χ3v) is 3.08. The molecule has 0 aromatic heterocycles. The van der Waals surface area contributed by atoms with Crippen molar-refractivity contribution >= 4 is 11.7 Å². The Hall–Kier alpha value is -1.51. The quantitative estimate of drug-likeness (QED) is 0.853. The summed E-state index contributed by atoms with van der Waals surface area (Å²) in [4.78, 5) is 12.8. The van der Waals surface area contributed by atoms with E-state index in [2.05, 4.69) is 44.7 Å². The van der Waals surface area contributed by atoms with Crippen LogP contribution in [0.25, 0.3) is 0 Å². The second-order valence-electron chi connectivity index (χ2n) is 4.65. The van der Waals surface area contributed by atoms with Gasteiger partial charge in [-0.3, -0.25) is 4.79 Å². The number of carboxylic acids is 1. The van der Waals surface area contributed by atoms with Gasteiger partial charge in [0.1, 0.15) is 0 Å². The number of aliphatic carboxylic acids is 1. The number of carbonyl (C=O) groups is 1. The van der Waals surface area contributed by atoms with Gasteiger partial charge in [0.25, 0.3) is 0 Å². The van der Waals surface area contributed by atoms with Crippen molar-refractivity contribution in [3.63, 3.8) is 0 Å². The predicted molar refractivity (Wildman–Crippen MR) is 70.7 cm³/mol. The Bertz CT molecular complexity index is 399. The van der Waals surface area contributed by atoms with E-state index in [-0.39, 0.29) is 6.42 Å². The molecular formula is C14H21NO2. The Morgan fingerprint density at radius 3 is 2.53 bits per heavy atom.